The van der Waals surface area contributed by atoms with E-state index >= 15 is 0 Å². The van der Waals surface area contributed by atoms with Crippen molar-refractivity contribution in [2.75, 3.05) is 6.61 Å². The van der Waals surface area contributed by atoms with Gasteiger partial charge in [-0.25, -0.2) is 0 Å². The van der Waals surface area contributed by atoms with Crippen molar-refractivity contribution in [2.24, 2.45) is 5.92 Å². The highest BCUT2D eigenvalue weighted by atomic mass is 16.5. The Morgan fingerprint density at radius 1 is 1.00 bits per heavy atom. The smallest absolute Gasteiger partial charge is 0.305 e. The lowest BCUT2D eigenvalue weighted by atomic mass is 9.98. The van der Waals surface area contributed by atoms with E-state index in [0.29, 0.717) is 18.9 Å². The summed E-state index contributed by atoms with van der Waals surface area (Å²) in [6.07, 6.45) is 2.51. The largest absolute Gasteiger partial charge is 0.465 e. The Morgan fingerprint density at radius 2 is 1.57 bits per heavy atom. The quantitative estimate of drug-likeness (QED) is 0.688. The van der Waals surface area contributed by atoms with Gasteiger partial charge in [-0.2, -0.15) is 0 Å². The second-order valence-corrected chi connectivity index (χ2v) is 6.70. The molecule has 120 valence electrons. The minimum absolute atomic E-state index is 0.0764. The van der Waals surface area contributed by atoms with Crippen molar-refractivity contribution in [1.29, 1.82) is 0 Å². The summed E-state index contributed by atoms with van der Waals surface area (Å²) in [6.45, 7) is 4.80. The van der Waals surface area contributed by atoms with Gasteiger partial charge in [-0.15, -0.1) is 0 Å². The summed E-state index contributed by atoms with van der Waals surface area (Å²) < 4.78 is 5.58. The summed E-state index contributed by atoms with van der Waals surface area (Å²) in [7, 11) is 0. The summed E-state index contributed by atoms with van der Waals surface area (Å²) in [6, 6.07) is 16.8. The molecule has 0 aliphatic heterocycles. The fourth-order valence-corrected chi connectivity index (χ4v) is 3.34. The number of hydrogen-bond acceptors (Lipinski definition) is 2. The SMILES string of the molecule is CC(C)CCCC(=O)OCC1c2ccccc2-c2ccccc21. The Balaban J connectivity index is 1.67. The molecule has 2 aromatic rings. The number of fused-ring (bicyclic) bond motifs is 3. The van der Waals surface area contributed by atoms with Crippen LogP contribution in [0.5, 0.6) is 0 Å². The van der Waals surface area contributed by atoms with Gasteiger partial charge in [-0.05, 0) is 34.6 Å². The van der Waals surface area contributed by atoms with Crippen molar-refractivity contribution >= 4 is 5.97 Å². The van der Waals surface area contributed by atoms with Crippen LogP contribution in [0, 0.1) is 5.92 Å². The molecular weight excluding hydrogens is 284 g/mol. The predicted octanol–water partition coefficient (Wildman–Crippen LogP) is 5.17. The lowest BCUT2D eigenvalue weighted by Gasteiger charge is -2.14. The average molecular weight is 308 g/mol. The average Bonchev–Trinajstić information content (AvgIpc) is 2.87. The van der Waals surface area contributed by atoms with Gasteiger partial charge < -0.3 is 4.74 Å². The third kappa shape index (κ3) is 3.47. The molecule has 1 aliphatic carbocycles. The van der Waals surface area contributed by atoms with Crippen molar-refractivity contribution in [3.8, 4) is 11.1 Å². The highest BCUT2D eigenvalue weighted by molar-refractivity contribution is 5.79. The van der Waals surface area contributed by atoms with Gasteiger partial charge in [0.1, 0.15) is 6.61 Å². The molecule has 0 atom stereocenters. The van der Waals surface area contributed by atoms with Gasteiger partial charge in [-0.3, -0.25) is 4.79 Å². The topological polar surface area (TPSA) is 26.3 Å². The molecule has 0 unspecified atom stereocenters. The summed E-state index contributed by atoms with van der Waals surface area (Å²) >= 11 is 0. The Bertz CT molecular complexity index is 642. The highest BCUT2D eigenvalue weighted by Gasteiger charge is 2.28. The first kappa shape index (κ1) is 15.8. The maximum absolute atomic E-state index is 12.0. The van der Waals surface area contributed by atoms with E-state index in [1.54, 1.807) is 0 Å². The maximum atomic E-state index is 12.0. The van der Waals surface area contributed by atoms with E-state index in [4.69, 9.17) is 4.74 Å². The van der Waals surface area contributed by atoms with Crippen LogP contribution in [-0.4, -0.2) is 12.6 Å². The highest BCUT2D eigenvalue weighted by Crippen LogP contribution is 2.44. The Kier molecular flexibility index (Phi) is 4.80. The van der Waals surface area contributed by atoms with Crippen molar-refractivity contribution in [3.63, 3.8) is 0 Å². The number of esters is 1. The molecule has 0 N–H and O–H groups in total. The number of rotatable bonds is 6. The molecule has 2 nitrogen and oxygen atoms in total. The molecule has 0 saturated carbocycles. The van der Waals surface area contributed by atoms with Crippen LogP contribution in [0.4, 0.5) is 0 Å². The van der Waals surface area contributed by atoms with E-state index in [0.717, 1.165) is 12.8 Å². The molecule has 3 rings (SSSR count). The first-order chi connectivity index (χ1) is 11.2. The number of carbonyl (C=O) groups excluding carboxylic acids is 1. The van der Waals surface area contributed by atoms with Crippen LogP contribution in [-0.2, 0) is 9.53 Å². The molecule has 0 spiro atoms. The molecule has 0 amide bonds. The van der Waals surface area contributed by atoms with Gasteiger partial charge in [0.15, 0.2) is 0 Å². The zero-order valence-electron chi connectivity index (χ0n) is 13.9. The van der Waals surface area contributed by atoms with E-state index in [1.165, 1.54) is 22.3 Å². The zero-order valence-corrected chi connectivity index (χ0v) is 13.9. The van der Waals surface area contributed by atoms with E-state index in [2.05, 4.69) is 62.4 Å². The van der Waals surface area contributed by atoms with Crippen LogP contribution in [0.15, 0.2) is 48.5 Å². The molecule has 23 heavy (non-hydrogen) atoms. The number of carbonyl (C=O) groups is 1. The van der Waals surface area contributed by atoms with Crippen LogP contribution in [0.25, 0.3) is 11.1 Å². The Hall–Kier alpha value is -2.09. The summed E-state index contributed by atoms with van der Waals surface area (Å²) in [5, 5.41) is 0. The standard InChI is InChI=1S/C21H24O2/c1-15(2)8-7-13-21(22)23-14-20-18-11-5-3-9-16(18)17-10-4-6-12-19(17)20/h3-6,9-12,15,20H,7-8,13-14H2,1-2H3. The van der Waals surface area contributed by atoms with Gasteiger partial charge in [0, 0.05) is 12.3 Å². The molecule has 0 bridgehead atoms. The van der Waals surface area contributed by atoms with Crippen LogP contribution in [0.3, 0.4) is 0 Å². The molecule has 0 aromatic heterocycles. The molecule has 0 radical (unpaired) electrons. The molecule has 0 saturated heterocycles. The van der Waals surface area contributed by atoms with Gasteiger partial charge >= 0.3 is 5.97 Å². The summed E-state index contributed by atoms with van der Waals surface area (Å²) in [4.78, 5) is 12.0. The van der Waals surface area contributed by atoms with Crippen LogP contribution in [0.1, 0.15) is 50.2 Å². The lowest BCUT2D eigenvalue weighted by molar-refractivity contribution is -0.144. The second kappa shape index (κ2) is 6.99. The molecule has 0 heterocycles. The van der Waals surface area contributed by atoms with Gasteiger partial charge in [0.25, 0.3) is 0 Å². The molecular formula is C21H24O2. The fraction of sp³-hybridized carbons (Fsp3) is 0.381. The van der Waals surface area contributed by atoms with Gasteiger partial charge in [0.05, 0.1) is 0 Å². The van der Waals surface area contributed by atoms with Gasteiger partial charge in [-0.1, -0.05) is 68.8 Å². The third-order valence-electron chi connectivity index (χ3n) is 4.54. The first-order valence-corrected chi connectivity index (χ1v) is 8.50. The Labute approximate surface area is 138 Å². The normalized spacial score (nSPS) is 13.0. The minimum atomic E-state index is -0.0764. The Morgan fingerprint density at radius 3 is 2.13 bits per heavy atom. The van der Waals surface area contributed by atoms with Gasteiger partial charge in [0.2, 0.25) is 0 Å². The van der Waals surface area contributed by atoms with Crippen LogP contribution >= 0.6 is 0 Å². The molecule has 2 aromatic carbocycles. The number of ether oxygens (including phenoxy) is 1. The predicted molar refractivity (Wildman–Crippen MR) is 93.4 cm³/mol. The lowest BCUT2D eigenvalue weighted by Crippen LogP contribution is -2.12. The number of benzene rings is 2. The maximum Gasteiger partial charge on any atom is 0.305 e. The van der Waals surface area contributed by atoms with E-state index in [1.807, 2.05) is 0 Å². The number of hydrogen-bond donors (Lipinski definition) is 0. The molecule has 2 heteroatoms. The van der Waals surface area contributed by atoms with Crippen molar-refractivity contribution in [3.05, 3.63) is 59.7 Å². The van der Waals surface area contributed by atoms with E-state index in [-0.39, 0.29) is 11.9 Å². The monoisotopic (exact) mass is 308 g/mol. The van der Waals surface area contributed by atoms with Crippen molar-refractivity contribution in [2.45, 2.75) is 39.0 Å². The fourth-order valence-electron chi connectivity index (χ4n) is 3.34. The van der Waals surface area contributed by atoms with Crippen LogP contribution < -0.4 is 0 Å². The summed E-state index contributed by atoms with van der Waals surface area (Å²) in [5.41, 5.74) is 5.07. The zero-order chi connectivity index (χ0) is 16.2. The first-order valence-electron chi connectivity index (χ1n) is 8.50. The third-order valence-corrected chi connectivity index (χ3v) is 4.54. The second-order valence-electron chi connectivity index (χ2n) is 6.70. The minimum Gasteiger partial charge on any atom is -0.465 e. The van der Waals surface area contributed by atoms with Crippen molar-refractivity contribution in [1.82, 2.24) is 0 Å². The van der Waals surface area contributed by atoms with Crippen molar-refractivity contribution < 1.29 is 9.53 Å². The van der Waals surface area contributed by atoms with E-state index < -0.39 is 0 Å². The molecule has 0 fully saturated rings. The van der Waals surface area contributed by atoms with Crippen LogP contribution in [0.2, 0.25) is 0 Å². The molecule has 1 aliphatic rings. The van der Waals surface area contributed by atoms with E-state index in [9.17, 15) is 4.79 Å². The summed E-state index contributed by atoms with van der Waals surface area (Å²) in [5.74, 6) is 0.723.